The Morgan fingerprint density at radius 2 is 2.05 bits per heavy atom. The molecule has 1 aromatic rings. The van der Waals surface area contributed by atoms with Crippen molar-refractivity contribution in [3.63, 3.8) is 0 Å². The molecule has 2 unspecified atom stereocenters. The molecule has 0 spiro atoms. The van der Waals surface area contributed by atoms with Gasteiger partial charge >= 0.3 is 0 Å². The number of hydrogen-bond acceptors (Lipinski definition) is 2. The fourth-order valence-corrected chi connectivity index (χ4v) is 3.31. The van der Waals surface area contributed by atoms with E-state index in [1.165, 1.54) is 11.1 Å². The molecule has 1 aliphatic heterocycles. The number of rotatable bonds is 1. The lowest BCUT2D eigenvalue weighted by atomic mass is 9.83. The minimum atomic E-state index is -0.190. The van der Waals surface area contributed by atoms with Crippen LogP contribution in [-0.2, 0) is 17.6 Å². The van der Waals surface area contributed by atoms with Crippen LogP contribution in [0, 0.1) is 17.2 Å². The van der Waals surface area contributed by atoms with Crippen LogP contribution in [0.1, 0.15) is 30.4 Å². The molecule has 3 heteroatoms. The van der Waals surface area contributed by atoms with Crippen LogP contribution in [-0.4, -0.2) is 23.4 Å². The summed E-state index contributed by atoms with van der Waals surface area (Å²) in [7, 11) is 0. The van der Waals surface area contributed by atoms with Crippen LogP contribution in [0.25, 0.3) is 0 Å². The quantitative estimate of drug-likeness (QED) is 0.772. The lowest BCUT2D eigenvalue weighted by molar-refractivity contribution is -0.135. The fourth-order valence-electron chi connectivity index (χ4n) is 3.31. The molecule has 1 amide bonds. The van der Waals surface area contributed by atoms with Gasteiger partial charge < -0.3 is 4.90 Å². The van der Waals surface area contributed by atoms with Crippen molar-refractivity contribution in [1.29, 1.82) is 5.26 Å². The van der Waals surface area contributed by atoms with E-state index in [9.17, 15) is 4.79 Å². The highest BCUT2D eigenvalue weighted by atomic mass is 16.2. The Kier molecular flexibility index (Phi) is 3.25. The van der Waals surface area contributed by atoms with Crippen molar-refractivity contribution in [2.75, 3.05) is 6.54 Å². The average molecular weight is 254 g/mol. The summed E-state index contributed by atoms with van der Waals surface area (Å²) in [5.41, 5.74) is 2.68. The number of fused-ring (bicyclic) bond motifs is 1. The Labute approximate surface area is 113 Å². The van der Waals surface area contributed by atoms with E-state index in [0.29, 0.717) is 0 Å². The van der Waals surface area contributed by atoms with Crippen LogP contribution >= 0.6 is 0 Å². The van der Waals surface area contributed by atoms with E-state index in [1.807, 2.05) is 6.07 Å². The number of amides is 1. The molecule has 0 bridgehead atoms. The van der Waals surface area contributed by atoms with Gasteiger partial charge in [0, 0.05) is 12.5 Å². The molecule has 0 aromatic heterocycles. The van der Waals surface area contributed by atoms with Gasteiger partial charge in [-0.25, -0.2) is 0 Å². The monoisotopic (exact) mass is 254 g/mol. The molecule has 19 heavy (non-hydrogen) atoms. The Morgan fingerprint density at radius 1 is 1.26 bits per heavy atom. The van der Waals surface area contributed by atoms with Gasteiger partial charge in [-0.15, -0.1) is 0 Å². The maximum absolute atomic E-state index is 12.6. The SMILES string of the molecule is N#CC1CCCN1C(=O)C1CCc2ccccc2C1. The van der Waals surface area contributed by atoms with Crippen LogP contribution < -0.4 is 0 Å². The number of likely N-dealkylation sites (tertiary alicyclic amines) is 1. The smallest absolute Gasteiger partial charge is 0.227 e. The molecular weight excluding hydrogens is 236 g/mol. The standard InChI is InChI=1S/C16H18N2O/c17-11-15-6-3-9-18(15)16(19)14-8-7-12-4-1-2-5-13(12)10-14/h1-2,4-5,14-15H,3,6-10H2. The van der Waals surface area contributed by atoms with E-state index in [-0.39, 0.29) is 17.9 Å². The molecule has 1 aromatic carbocycles. The number of aryl methyl sites for hydroxylation is 1. The molecule has 1 saturated heterocycles. The van der Waals surface area contributed by atoms with Gasteiger partial charge in [-0.05, 0) is 43.2 Å². The molecule has 0 N–H and O–H groups in total. The Balaban J connectivity index is 1.75. The number of carbonyl (C=O) groups excluding carboxylic acids is 1. The minimum absolute atomic E-state index is 0.0730. The van der Waals surface area contributed by atoms with Crippen LogP contribution in [0.4, 0.5) is 0 Å². The first-order valence-corrected chi connectivity index (χ1v) is 7.06. The average Bonchev–Trinajstić information content (AvgIpc) is 2.94. The maximum atomic E-state index is 12.6. The lowest BCUT2D eigenvalue weighted by Gasteiger charge is -2.29. The number of benzene rings is 1. The third-order valence-electron chi connectivity index (χ3n) is 4.38. The second-order valence-electron chi connectivity index (χ2n) is 5.53. The Morgan fingerprint density at radius 3 is 2.84 bits per heavy atom. The Hall–Kier alpha value is -1.82. The van der Waals surface area contributed by atoms with E-state index < -0.39 is 0 Å². The van der Waals surface area contributed by atoms with Crippen molar-refractivity contribution in [3.05, 3.63) is 35.4 Å². The molecule has 1 heterocycles. The zero-order valence-corrected chi connectivity index (χ0v) is 11.0. The predicted molar refractivity (Wildman–Crippen MR) is 72.3 cm³/mol. The molecular formula is C16H18N2O. The highest BCUT2D eigenvalue weighted by Crippen LogP contribution is 2.29. The van der Waals surface area contributed by atoms with E-state index in [0.717, 1.165) is 38.6 Å². The molecule has 1 fully saturated rings. The fraction of sp³-hybridized carbons (Fsp3) is 0.500. The van der Waals surface area contributed by atoms with Gasteiger partial charge in [0.15, 0.2) is 0 Å². The summed E-state index contributed by atoms with van der Waals surface area (Å²) in [4.78, 5) is 14.4. The second-order valence-corrected chi connectivity index (χ2v) is 5.53. The largest absolute Gasteiger partial charge is 0.326 e. The number of carbonyl (C=O) groups is 1. The first kappa shape index (κ1) is 12.2. The number of hydrogen-bond donors (Lipinski definition) is 0. The maximum Gasteiger partial charge on any atom is 0.227 e. The van der Waals surface area contributed by atoms with E-state index in [4.69, 9.17) is 5.26 Å². The zero-order chi connectivity index (χ0) is 13.2. The number of nitriles is 1. The van der Waals surface area contributed by atoms with Gasteiger partial charge in [0.2, 0.25) is 5.91 Å². The third kappa shape index (κ3) is 2.23. The van der Waals surface area contributed by atoms with Gasteiger partial charge in [0.25, 0.3) is 0 Å². The Bertz CT molecular complexity index is 532. The van der Waals surface area contributed by atoms with Gasteiger partial charge in [-0.3, -0.25) is 4.79 Å². The second kappa shape index (κ2) is 5.05. The summed E-state index contributed by atoms with van der Waals surface area (Å²) in [5.74, 6) is 0.266. The molecule has 3 nitrogen and oxygen atoms in total. The summed E-state index contributed by atoms with van der Waals surface area (Å²) in [5, 5.41) is 9.10. The molecule has 3 rings (SSSR count). The molecule has 2 atom stereocenters. The minimum Gasteiger partial charge on any atom is -0.326 e. The number of nitrogens with zero attached hydrogens (tertiary/aromatic N) is 2. The van der Waals surface area contributed by atoms with E-state index in [1.54, 1.807) is 4.90 Å². The first-order valence-electron chi connectivity index (χ1n) is 7.06. The van der Waals surface area contributed by atoms with E-state index in [2.05, 4.69) is 24.3 Å². The van der Waals surface area contributed by atoms with Crippen molar-refractivity contribution in [1.82, 2.24) is 4.90 Å². The normalized spacial score (nSPS) is 25.7. The first-order chi connectivity index (χ1) is 9.29. The predicted octanol–water partition coefficient (Wildman–Crippen LogP) is 2.31. The van der Waals surface area contributed by atoms with Crippen molar-refractivity contribution in [2.45, 2.75) is 38.1 Å². The molecule has 0 radical (unpaired) electrons. The molecule has 1 aliphatic carbocycles. The highest BCUT2D eigenvalue weighted by molar-refractivity contribution is 5.80. The van der Waals surface area contributed by atoms with Gasteiger partial charge in [-0.1, -0.05) is 24.3 Å². The van der Waals surface area contributed by atoms with Crippen LogP contribution in [0.3, 0.4) is 0 Å². The summed E-state index contributed by atoms with van der Waals surface area (Å²) >= 11 is 0. The molecule has 2 aliphatic rings. The van der Waals surface area contributed by atoms with E-state index >= 15 is 0 Å². The van der Waals surface area contributed by atoms with Crippen LogP contribution in [0.5, 0.6) is 0 Å². The van der Waals surface area contributed by atoms with Gasteiger partial charge in [-0.2, -0.15) is 5.26 Å². The topological polar surface area (TPSA) is 44.1 Å². The third-order valence-corrected chi connectivity index (χ3v) is 4.38. The molecule has 0 saturated carbocycles. The highest BCUT2D eigenvalue weighted by Gasteiger charge is 2.34. The molecule has 98 valence electrons. The van der Waals surface area contributed by atoms with Crippen LogP contribution in [0.15, 0.2) is 24.3 Å². The van der Waals surface area contributed by atoms with Crippen molar-refractivity contribution >= 4 is 5.91 Å². The summed E-state index contributed by atoms with van der Waals surface area (Å²) in [6.07, 6.45) is 4.55. The summed E-state index contributed by atoms with van der Waals surface area (Å²) < 4.78 is 0. The summed E-state index contributed by atoms with van der Waals surface area (Å²) in [6, 6.07) is 10.5. The van der Waals surface area contributed by atoms with Gasteiger partial charge in [0.05, 0.1) is 6.07 Å². The summed E-state index contributed by atoms with van der Waals surface area (Å²) in [6.45, 7) is 0.759. The van der Waals surface area contributed by atoms with Crippen LogP contribution in [0.2, 0.25) is 0 Å². The van der Waals surface area contributed by atoms with Crippen molar-refractivity contribution in [3.8, 4) is 6.07 Å². The van der Waals surface area contributed by atoms with Crippen molar-refractivity contribution in [2.24, 2.45) is 5.92 Å². The lowest BCUT2D eigenvalue weighted by Crippen LogP contribution is -2.40. The van der Waals surface area contributed by atoms with Gasteiger partial charge in [0.1, 0.15) is 6.04 Å². The zero-order valence-electron chi connectivity index (χ0n) is 11.0. The van der Waals surface area contributed by atoms with Crippen molar-refractivity contribution < 1.29 is 4.79 Å².